The average Bonchev–Trinajstić information content (AvgIpc) is 2.70. The molecule has 2 aromatic rings. The second-order valence-corrected chi connectivity index (χ2v) is 7.20. The number of nitrogens with one attached hydrogen (secondary N) is 2. The molecule has 0 aliphatic heterocycles. The van der Waals surface area contributed by atoms with E-state index in [1.807, 2.05) is 12.1 Å². The summed E-state index contributed by atoms with van der Waals surface area (Å²) in [6, 6.07) is 11.9. The first kappa shape index (κ1) is 20.4. The van der Waals surface area contributed by atoms with Crippen molar-refractivity contribution in [1.29, 1.82) is 0 Å². The Hall–Kier alpha value is -3.29. The standard InChI is InChI=1S/C21H25N3O5/c1-14-9-16(10-14)23-17-11-15(12-18(13-17)24(26)27)21(25)22-7-8-29-20-6-4-3-5-19(20)28-2/h3-6,11-14,16,23H,7-10H2,1-2H3,(H,22,25). The second kappa shape index (κ2) is 9.27. The molecule has 0 bridgehead atoms. The Bertz CT molecular complexity index is 880. The number of anilines is 1. The highest BCUT2D eigenvalue weighted by Gasteiger charge is 2.26. The van der Waals surface area contributed by atoms with E-state index in [2.05, 4.69) is 17.6 Å². The molecule has 2 N–H and O–H groups in total. The van der Waals surface area contributed by atoms with E-state index in [4.69, 9.17) is 9.47 Å². The van der Waals surface area contributed by atoms with Crippen molar-refractivity contribution in [3.05, 3.63) is 58.1 Å². The van der Waals surface area contributed by atoms with Crippen LogP contribution in [0.2, 0.25) is 0 Å². The van der Waals surface area contributed by atoms with Gasteiger partial charge in [0.15, 0.2) is 11.5 Å². The predicted molar refractivity (Wildman–Crippen MR) is 110 cm³/mol. The summed E-state index contributed by atoms with van der Waals surface area (Å²) in [5.74, 6) is 1.46. The number of hydrogen-bond acceptors (Lipinski definition) is 6. The van der Waals surface area contributed by atoms with Gasteiger partial charge >= 0.3 is 0 Å². The molecule has 0 atom stereocenters. The number of nitrogens with zero attached hydrogens (tertiary/aromatic N) is 1. The van der Waals surface area contributed by atoms with Crippen molar-refractivity contribution in [1.82, 2.24) is 5.32 Å². The van der Waals surface area contributed by atoms with Crippen LogP contribution in [-0.2, 0) is 0 Å². The van der Waals surface area contributed by atoms with Gasteiger partial charge in [0.1, 0.15) is 6.61 Å². The summed E-state index contributed by atoms with van der Waals surface area (Å²) in [6.45, 7) is 2.66. The minimum atomic E-state index is -0.490. The minimum absolute atomic E-state index is 0.113. The molecule has 1 amide bonds. The number of ether oxygens (including phenoxy) is 2. The normalized spacial score (nSPS) is 17.7. The van der Waals surface area contributed by atoms with Gasteiger partial charge in [-0.05, 0) is 37.0 Å². The lowest BCUT2D eigenvalue weighted by atomic mass is 9.82. The zero-order valence-corrected chi connectivity index (χ0v) is 16.5. The molecule has 0 unspecified atom stereocenters. The fourth-order valence-corrected chi connectivity index (χ4v) is 3.35. The molecule has 3 rings (SSSR count). The van der Waals surface area contributed by atoms with Crippen LogP contribution in [0.25, 0.3) is 0 Å². The monoisotopic (exact) mass is 399 g/mol. The maximum Gasteiger partial charge on any atom is 0.272 e. The molecule has 0 aromatic heterocycles. The zero-order chi connectivity index (χ0) is 20.8. The molecule has 0 heterocycles. The number of hydrogen-bond donors (Lipinski definition) is 2. The lowest BCUT2D eigenvalue weighted by Crippen LogP contribution is -2.34. The second-order valence-electron chi connectivity index (χ2n) is 7.20. The third-order valence-corrected chi connectivity index (χ3v) is 4.85. The summed E-state index contributed by atoms with van der Waals surface area (Å²) in [7, 11) is 1.56. The Morgan fingerprint density at radius 3 is 2.59 bits per heavy atom. The number of benzene rings is 2. The van der Waals surface area contributed by atoms with Gasteiger partial charge in [-0.2, -0.15) is 0 Å². The van der Waals surface area contributed by atoms with Gasteiger partial charge < -0.3 is 20.1 Å². The molecule has 1 aliphatic rings. The average molecular weight is 399 g/mol. The quantitative estimate of drug-likeness (QED) is 0.379. The Kier molecular flexibility index (Phi) is 6.54. The third-order valence-electron chi connectivity index (χ3n) is 4.85. The number of methoxy groups -OCH3 is 1. The van der Waals surface area contributed by atoms with E-state index in [0.717, 1.165) is 12.8 Å². The molecule has 1 fully saturated rings. The van der Waals surface area contributed by atoms with Crippen molar-refractivity contribution in [3.8, 4) is 11.5 Å². The van der Waals surface area contributed by atoms with Crippen LogP contribution in [0.1, 0.15) is 30.1 Å². The van der Waals surface area contributed by atoms with Gasteiger partial charge in [0.25, 0.3) is 11.6 Å². The third kappa shape index (κ3) is 5.37. The van der Waals surface area contributed by atoms with E-state index in [0.29, 0.717) is 23.1 Å². The van der Waals surface area contributed by atoms with Crippen LogP contribution >= 0.6 is 0 Å². The molecule has 8 heteroatoms. The van der Waals surface area contributed by atoms with Crippen LogP contribution in [0.5, 0.6) is 11.5 Å². The number of carbonyl (C=O) groups excluding carboxylic acids is 1. The van der Waals surface area contributed by atoms with Gasteiger partial charge in [-0.25, -0.2) is 0 Å². The molecule has 0 saturated heterocycles. The Morgan fingerprint density at radius 1 is 1.21 bits per heavy atom. The smallest absolute Gasteiger partial charge is 0.272 e. The number of carbonyl (C=O) groups is 1. The predicted octanol–water partition coefficient (Wildman–Crippen LogP) is 3.62. The van der Waals surface area contributed by atoms with Crippen LogP contribution < -0.4 is 20.1 Å². The maximum atomic E-state index is 12.5. The largest absolute Gasteiger partial charge is 0.493 e. The topological polar surface area (TPSA) is 103 Å². The number of amides is 1. The SMILES string of the molecule is COc1ccccc1OCCNC(=O)c1cc(NC2CC(C)C2)cc([N+](=O)[O-])c1. The van der Waals surface area contributed by atoms with Crippen LogP contribution in [0.4, 0.5) is 11.4 Å². The van der Waals surface area contributed by atoms with Crippen molar-refractivity contribution in [3.63, 3.8) is 0 Å². The van der Waals surface area contributed by atoms with E-state index in [1.54, 1.807) is 25.3 Å². The number of rotatable bonds is 9. The number of nitro groups is 1. The molecule has 0 spiro atoms. The fourth-order valence-electron chi connectivity index (χ4n) is 3.35. The lowest BCUT2D eigenvalue weighted by Gasteiger charge is -2.34. The molecule has 1 aliphatic carbocycles. The molecular formula is C21H25N3O5. The number of para-hydroxylation sites is 2. The molecule has 8 nitrogen and oxygen atoms in total. The Morgan fingerprint density at radius 2 is 1.93 bits per heavy atom. The van der Waals surface area contributed by atoms with Crippen LogP contribution in [0, 0.1) is 16.0 Å². The van der Waals surface area contributed by atoms with E-state index in [-0.39, 0.29) is 36.4 Å². The van der Waals surface area contributed by atoms with Crippen molar-refractivity contribution in [2.45, 2.75) is 25.8 Å². The van der Waals surface area contributed by atoms with Gasteiger partial charge in [0.05, 0.1) is 18.6 Å². The van der Waals surface area contributed by atoms with Crippen LogP contribution in [-0.4, -0.2) is 37.1 Å². The number of nitro benzene ring substituents is 1. The van der Waals surface area contributed by atoms with Crippen molar-refractivity contribution < 1.29 is 19.2 Å². The van der Waals surface area contributed by atoms with E-state index in [1.165, 1.54) is 12.1 Å². The van der Waals surface area contributed by atoms with Crippen molar-refractivity contribution in [2.24, 2.45) is 5.92 Å². The maximum absolute atomic E-state index is 12.5. The van der Waals surface area contributed by atoms with Crippen LogP contribution in [0.15, 0.2) is 42.5 Å². The molecule has 29 heavy (non-hydrogen) atoms. The summed E-state index contributed by atoms with van der Waals surface area (Å²) in [5, 5.41) is 17.3. The molecule has 0 radical (unpaired) electrons. The van der Waals surface area contributed by atoms with Crippen LogP contribution in [0.3, 0.4) is 0 Å². The van der Waals surface area contributed by atoms with E-state index in [9.17, 15) is 14.9 Å². The van der Waals surface area contributed by atoms with Crippen molar-refractivity contribution in [2.75, 3.05) is 25.6 Å². The van der Waals surface area contributed by atoms with Gasteiger partial charge in [-0.3, -0.25) is 14.9 Å². The minimum Gasteiger partial charge on any atom is -0.493 e. The fraction of sp³-hybridized carbons (Fsp3) is 0.381. The van der Waals surface area contributed by atoms with E-state index >= 15 is 0 Å². The van der Waals surface area contributed by atoms with Gasteiger partial charge in [0.2, 0.25) is 0 Å². The Labute approximate surface area is 169 Å². The molecule has 154 valence electrons. The summed E-state index contributed by atoms with van der Waals surface area (Å²) in [4.78, 5) is 23.2. The van der Waals surface area contributed by atoms with Gasteiger partial charge in [-0.1, -0.05) is 19.1 Å². The lowest BCUT2D eigenvalue weighted by molar-refractivity contribution is -0.384. The first-order valence-corrected chi connectivity index (χ1v) is 9.56. The van der Waals surface area contributed by atoms with Crippen molar-refractivity contribution >= 4 is 17.3 Å². The highest BCUT2D eigenvalue weighted by molar-refractivity contribution is 5.96. The van der Waals surface area contributed by atoms with Gasteiger partial charge in [0, 0.05) is 29.4 Å². The summed E-state index contributed by atoms with van der Waals surface area (Å²) >= 11 is 0. The number of non-ortho nitro benzene ring substituents is 1. The van der Waals surface area contributed by atoms with E-state index < -0.39 is 4.92 Å². The highest BCUT2D eigenvalue weighted by atomic mass is 16.6. The summed E-state index contributed by atoms with van der Waals surface area (Å²) < 4.78 is 10.8. The first-order valence-electron chi connectivity index (χ1n) is 9.56. The zero-order valence-electron chi connectivity index (χ0n) is 16.5. The Balaban J connectivity index is 1.59. The first-order chi connectivity index (χ1) is 14.0. The summed E-state index contributed by atoms with van der Waals surface area (Å²) in [5.41, 5.74) is 0.718. The molecule has 1 saturated carbocycles. The highest BCUT2D eigenvalue weighted by Crippen LogP contribution is 2.31. The summed E-state index contributed by atoms with van der Waals surface area (Å²) in [6.07, 6.45) is 2.04. The molecular weight excluding hydrogens is 374 g/mol. The molecule has 2 aromatic carbocycles. The van der Waals surface area contributed by atoms with Gasteiger partial charge in [-0.15, -0.1) is 0 Å².